The van der Waals surface area contributed by atoms with Crippen molar-refractivity contribution in [1.82, 2.24) is 9.88 Å². The standard InChI is InChI=1S/C22H20ClN3O3/c1-26(22(27)25-18-3-2-4-19-21(18)29-14-13-28-19)20(16-9-11-24-12-10-16)15-5-7-17(23)8-6-15/h2-12,20H,13-14H2,1H3,(H,25,27). The molecule has 0 fully saturated rings. The molecular formula is C22H20ClN3O3. The Morgan fingerprint density at radius 2 is 1.72 bits per heavy atom. The summed E-state index contributed by atoms with van der Waals surface area (Å²) in [7, 11) is 1.75. The van der Waals surface area contributed by atoms with E-state index in [1.54, 1.807) is 30.4 Å². The lowest BCUT2D eigenvalue weighted by atomic mass is 9.98. The summed E-state index contributed by atoms with van der Waals surface area (Å²) in [6.07, 6.45) is 3.42. The highest BCUT2D eigenvalue weighted by atomic mass is 35.5. The molecular weight excluding hydrogens is 390 g/mol. The van der Waals surface area contributed by atoms with Crippen LogP contribution in [0.3, 0.4) is 0 Å². The van der Waals surface area contributed by atoms with Gasteiger partial charge in [-0.15, -0.1) is 0 Å². The van der Waals surface area contributed by atoms with Gasteiger partial charge in [-0.2, -0.15) is 0 Å². The first-order chi connectivity index (χ1) is 14.1. The molecule has 6 nitrogen and oxygen atoms in total. The van der Waals surface area contributed by atoms with E-state index in [-0.39, 0.29) is 12.1 Å². The minimum Gasteiger partial charge on any atom is -0.486 e. The molecule has 1 aliphatic rings. The van der Waals surface area contributed by atoms with Crippen molar-refractivity contribution in [1.29, 1.82) is 0 Å². The minimum absolute atomic E-state index is 0.274. The van der Waals surface area contributed by atoms with E-state index in [4.69, 9.17) is 21.1 Å². The van der Waals surface area contributed by atoms with Crippen LogP contribution in [0.4, 0.5) is 10.5 Å². The van der Waals surface area contributed by atoms with Crippen LogP contribution in [0.5, 0.6) is 11.5 Å². The summed E-state index contributed by atoms with van der Waals surface area (Å²) >= 11 is 6.05. The lowest BCUT2D eigenvalue weighted by Gasteiger charge is -2.30. The fraction of sp³-hybridized carbons (Fsp3) is 0.182. The number of hydrogen-bond donors (Lipinski definition) is 1. The topological polar surface area (TPSA) is 63.7 Å². The van der Waals surface area contributed by atoms with Crippen molar-refractivity contribution >= 4 is 23.3 Å². The molecule has 1 atom stereocenters. The molecule has 2 aromatic carbocycles. The zero-order valence-corrected chi connectivity index (χ0v) is 16.6. The van der Waals surface area contributed by atoms with E-state index in [1.807, 2.05) is 48.5 Å². The molecule has 7 heteroatoms. The second kappa shape index (κ2) is 8.41. The quantitative estimate of drug-likeness (QED) is 0.674. The number of amides is 2. The number of aromatic nitrogens is 1. The fourth-order valence-corrected chi connectivity index (χ4v) is 3.45. The number of anilines is 1. The smallest absolute Gasteiger partial charge is 0.322 e. The van der Waals surface area contributed by atoms with Gasteiger partial charge in [-0.1, -0.05) is 29.8 Å². The molecule has 0 bridgehead atoms. The molecule has 1 unspecified atom stereocenters. The first-order valence-corrected chi connectivity index (χ1v) is 9.59. The molecule has 0 saturated carbocycles. The van der Waals surface area contributed by atoms with E-state index < -0.39 is 0 Å². The Morgan fingerprint density at radius 1 is 1.03 bits per heavy atom. The van der Waals surface area contributed by atoms with E-state index in [1.165, 1.54) is 0 Å². The molecule has 0 aliphatic carbocycles. The highest BCUT2D eigenvalue weighted by molar-refractivity contribution is 6.30. The SMILES string of the molecule is CN(C(=O)Nc1cccc2c1OCCO2)C(c1ccncc1)c1ccc(Cl)cc1. The molecule has 1 N–H and O–H groups in total. The predicted molar refractivity (Wildman–Crippen MR) is 112 cm³/mol. The summed E-state index contributed by atoms with van der Waals surface area (Å²) in [6.45, 7) is 0.936. The molecule has 1 aromatic heterocycles. The molecule has 4 rings (SSSR count). The Labute approximate surface area is 174 Å². The Bertz CT molecular complexity index is 996. The highest BCUT2D eigenvalue weighted by Gasteiger charge is 2.25. The van der Waals surface area contributed by atoms with Crippen molar-refractivity contribution in [3.63, 3.8) is 0 Å². The maximum absolute atomic E-state index is 13.1. The second-order valence-corrected chi connectivity index (χ2v) is 7.04. The number of benzene rings is 2. The van der Waals surface area contributed by atoms with Crippen molar-refractivity contribution in [2.45, 2.75) is 6.04 Å². The van der Waals surface area contributed by atoms with E-state index in [2.05, 4.69) is 10.3 Å². The van der Waals surface area contributed by atoms with Crippen LogP contribution in [0.2, 0.25) is 5.02 Å². The summed E-state index contributed by atoms with van der Waals surface area (Å²) in [5.41, 5.74) is 2.45. The maximum Gasteiger partial charge on any atom is 0.322 e. The third-order valence-electron chi connectivity index (χ3n) is 4.72. The highest BCUT2D eigenvalue weighted by Crippen LogP contribution is 2.38. The lowest BCUT2D eigenvalue weighted by Crippen LogP contribution is -2.35. The van der Waals surface area contributed by atoms with Crippen molar-refractivity contribution in [2.24, 2.45) is 0 Å². The number of halogens is 1. The molecule has 2 amide bonds. The molecule has 0 saturated heterocycles. The normalized spacial score (nSPS) is 13.4. The molecule has 1 aliphatic heterocycles. The molecule has 148 valence electrons. The summed E-state index contributed by atoms with van der Waals surface area (Å²) in [6, 6.07) is 16.1. The zero-order chi connectivity index (χ0) is 20.2. The van der Waals surface area contributed by atoms with E-state index in [0.717, 1.165) is 11.1 Å². The van der Waals surface area contributed by atoms with Gasteiger partial charge in [-0.05, 0) is 47.5 Å². The number of nitrogens with zero attached hydrogens (tertiary/aromatic N) is 2. The van der Waals surface area contributed by atoms with Gasteiger partial charge < -0.3 is 19.7 Å². The number of fused-ring (bicyclic) bond motifs is 1. The van der Waals surface area contributed by atoms with Gasteiger partial charge in [0.2, 0.25) is 0 Å². The van der Waals surface area contributed by atoms with Crippen molar-refractivity contribution in [3.8, 4) is 11.5 Å². The molecule has 0 radical (unpaired) electrons. The van der Waals surface area contributed by atoms with Crippen molar-refractivity contribution in [3.05, 3.63) is 83.1 Å². The monoisotopic (exact) mass is 409 g/mol. The van der Waals surface area contributed by atoms with Crippen molar-refractivity contribution < 1.29 is 14.3 Å². The van der Waals surface area contributed by atoms with Gasteiger partial charge in [0.25, 0.3) is 0 Å². The molecule has 29 heavy (non-hydrogen) atoms. The van der Waals surface area contributed by atoms with Gasteiger partial charge >= 0.3 is 6.03 Å². The van der Waals surface area contributed by atoms with Crippen LogP contribution < -0.4 is 14.8 Å². The molecule has 3 aromatic rings. The number of rotatable bonds is 4. The van der Waals surface area contributed by atoms with Crippen LogP contribution in [-0.2, 0) is 0 Å². The van der Waals surface area contributed by atoms with E-state index in [9.17, 15) is 4.79 Å². The molecule has 0 spiro atoms. The summed E-state index contributed by atoms with van der Waals surface area (Å²) in [5, 5.41) is 3.58. The second-order valence-electron chi connectivity index (χ2n) is 6.61. The van der Waals surface area contributed by atoms with Crippen LogP contribution in [0, 0.1) is 0 Å². The zero-order valence-electron chi connectivity index (χ0n) is 15.8. The summed E-state index contributed by atoms with van der Waals surface area (Å²) in [5.74, 6) is 1.17. The Kier molecular flexibility index (Phi) is 5.53. The third kappa shape index (κ3) is 4.12. The Hall–Kier alpha value is -3.25. The number of hydrogen-bond acceptors (Lipinski definition) is 4. The molecule has 2 heterocycles. The number of urea groups is 1. The Balaban J connectivity index is 1.63. The van der Waals surface area contributed by atoms with Gasteiger partial charge in [-0.3, -0.25) is 4.98 Å². The van der Waals surface area contributed by atoms with E-state index in [0.29, 0.717) is 35.4 Å². The lowest BCUT2D eigenvalue weighted by molar-refractivity contribution is 0.172. The first-order valence-electron chi connectivity index (χ1n) is 9.21. The summed E-state index contributed by atoms with van der Waals surface area (Å²) in [4.78, 5) is 18.9. The number of para-hydroxylation sites is 1. The third-order valence-corrected chi connectivity index (χ3v) is 4.98. The van der Waals surface area contributed by atoms with Gasteiger partial charge in [0.1, 0.15) is 13.2 Å². The number of carbonyl (C=O) groups is 1. The van der Waals surface area contributed by atoms with E-state index >= 15 is 0 Å². The number of nitrogens with one attached hydrogen (secondary N) is 1. The van der Waals surface area contributed by atoms with Crippen LogP contribution in [0.25, 0.3) is 0 Å². The summed E-state index contributed by atoms with van der Waals surface area (Å²) < 4.78 is 11.3. The van der Waals surface area contributed by atoms with Crippen LogP contribution >= 0.6 is 11.6 Å². The number of ether oxygens (including phenoxy) is 2. The Morgan fingerprint density at radius 3 is 2.48 bits per heavy atom. The van der Waals surface area contributed by atoms with Gasteiger partial charge in [0.15, 0.2) is 11.5 Å². The van der Waals surface area contributed by atoms with Crippen LogP contribution in [-0.4, -0.2) is 36.2 Å². The van der Waals surface area contributed by atoms with Crippen LogP contribution in [0.15, 0.2) is 67.0 Å². The van der Waals surface area contributed by atoms with Gasteiger partial charge in [0, 0.05) is 24.5 Å². The first kappa shape index (κ1) is 19.1. The largest absolute Gasteiger partial charge is 0.486 e. The van der Waals surface area contributed by atoms with Gasteiger partial charge in [0.05, 0.1) is 11.7 Å². The maximum atomic E-state index is 13.1. The fourth-order valence-electron chi connectivity index (χ4n) is 3.32. The number of carbonyl (C=O) groups excluding carboxylic acids is 1. The predicted octanol–water partition coefficient (Wildman–Crippen LogP) is 4.76. The van der Waals surface area contributed by atoms with Crippen LogP contribution in [0.1, 0.15) is 17.2 Å². The van der Waals surface area contributed by atoms with Crippen molar-refractivity contribution in [2.75, 3.05) is 25.6 Å². The number of pyridine rings is 1. The average molecular weight is 410 g/mol. The minimum atomic E-state index is -0.313. The average Bonchev–Trinajstić information content (AvgIpc) is 2.76. The van der Waals surface area contributed by atoms with Gasteiger partial charge in [-0.25, -0.2) is 4.79 Å².